The van der Waals surface area contributed by atoms with Gasteiger partial charge >= 0.3 is 0 Å². The molecule has 1 aromatic rings. The van der Waals surface area contributed by atoms with Gasteiger partial charge in [-0.25, -0.2) is 0 Å². The molecule has 1 rings (SSSR count). The molecule has 1 aromatic carbocycles. The largest absolute Gasteiger partial charge is 0.414 e. The number of rotatable bonds is 4. The molecule has 0 atom stereocenters. The Morgan fingerprint density at radius 3 is 2.38 bits per heavy atom. The Bertz CT molecular complexity index is 244. The van der Waals surface area contributed by atoms with Crippen LogP contribution in [0.5, 0.6) is 0 Å². The second-order valence-corrected chi connectivity index (χ2v) is 5.28. The molecule has 72 valence electrons. The fraction of sp³-hybridized carbons (Fsp3) is 0.455. The first-order chi connectivity index (χ1) is 6.14. The van der Waals surface area contributed by atoms with Crippen LogP contribution in [0.25, 0.3) is 0 Å². The van der Waals surface area contributed by atoms with E-state index in [4.69, 9.17) is 4.43 Å². The van der Waals surface area contributed by atoms with E-state index in [0.29, 0.717) is 0 Å². The van der Waals surface area contributed by atoms with Crippen molar-refractivity contribution < 1.29 is 4.43 Å². The molecule has 0 bridgehead atoms. The topological polar surface area (TPSA) is 9.23 Å². The summed E-state index contributed by atoms with van der Waals surface area (Å²) in [4.78, 5) is 0. The van der Waals surface area contributed by atoms with Gasteiger partial charge in [-0.3, -0.25) is 0 Å². The highest BCUT2D eigenvalue weighted by Crippen LogP contribution is 2.11. The Hall–Kier alpha value is -0.603. The van der Waals surface area contributed by atoms with Gasteiger partial charge in [0.1, 0.15) is 0 Å². The van der Waals surface area contributed by atoms with Gasteiger partial charge < -0.3 is 4.43 Å². The maximum Gasteiger partial charge on any atom is 0.192 e. The Labute approximate surface area is 83.1 Å². The molecule has 0 radical (unpaired) electrons. The molecule has 0 spiro atoms. The predicted molar refractivity (Wildman–Crippen MR) is 60.1 cm³/mol. The van der Waals surface area contributed by atoms with Gasteiger partial charge in [-0.1, -0.05) is 37.3 Å². The molecule has 2 heteroatoms. The molecule has 0 N–H and O–H groups in total. The predicted octanol–water partition coefficient (Wildman–Crippen LogP) is 1.60. The minimum absolute atomic E-state index is 0.0576. The Balaban J connectivity index is 2.44. The van der Waals surface area contributed by atoms with Gasteiger partial charge in [-0.2, -0.15) is 0 Å². The molecule has 13 heavy (non-hydrogen) atoms. The second-order valence-electron chi connectivity index (χ2n) is 3.89. The van der Waals surface area contributed by atoms with Crippen LogP contribution in [0.3, 0.4) is 0 Å². The monoisotopic (exact) mass is 194 g/mol. The van der Waals surface area contributed by atoms with E-state index in [1.165, 1.54) is 5.19 Å². The van der Waals surface area contributed by atoms with E-state index in [2.05, 4.69) is 45.0 Å². The summed E-state index contributed by atoms with van der Waals surface area (Å²) < 4.78 is 5.90. The third kappa shape index (κ3) is 3.74. The molecule has 0 fully saturated rings. The van der Waals surface area contributed by atoms with Crippen molar-refractivity contribution in [3.63, 3.8) is 0 Å². The fourth-order valence-electron chi connectivity index (χ4n) is 0.955. The SMILES string of the molecule is CCC(C)(C)O[SiH2]c1ccccc1. The highest BCUT2D eigenvalue weighted by molar-refractivity contribution is 6.46. The van der Waals surface area contributed by atoms with E-state index in [1.54, 1.807) is 0 Å². The van der Waals surface area contributed by atoms with Crippen molar-refractivity contribution in [2.75, 3.05) is 0 Å². The van der Waals surface area contributed by atoms with Gasteiger partial charge in [0.2, 0.25) is 0 Å². The van der Waals surface area contributed by atoms with E-state index < -0.39 is 9.76 Å². The maximum absolute atomic E-state index is 5.90. The number of hydrogen-bond donors (Lipinski definition) is 0. The van der Waals surface area contributed by atoms with Crippen molar-refractivity contribution in [1.82, 2.24) is 0 Å². The Kier molecular flexibility index (Phi) is 3.69. The number of benzene rings is 1. The van der Waals surface area contributed by atoms with Crippen LogP contribution >= 0.6 is 0 Å². The lowest BCUT2D eigenvalue weighted by molar-refractivity contribution is 0.114. The van der Waals surface area contributed by atoms with Crippen LogP contribution in [0.15, 0.2) is 30.3 Å². The van der Waals surface area contributed by atoms with Crippen LogP contribution < -0.4 is 5.19 Å². The molecule has 0 heterocycles. The smallest absolute Gasteiger partial charge is 0.192 e. The summed E-state index contributed by atoms with van der Waals surface area (Å²) in [5, 5.41) is 1.38. The van der Waals surface area contributed by atoms with E-state index in [-0.39, 0.29) is 5.60 Å². The van der Waals surface area contributed by atoms with E-state index in [0.717, 1.165) is 6.42 Å². The van der Waals surface area contributed by atoms with Gasteiger partial charge in [0.05, 0.1) is 5.60 Å². The maximum atomic E-state index is 5.90. The first-order valence-electron chi connectivity index (χ1n) is 4.82. The van der Waals surface area contributed by atoms with Crippen LogP contribution in [0.1, 0.15) is 27.2 Å². The molecule has 0 unspecified atom stereocenters. The van der Waals surface area contributed by atoms with Gasteiger partial charge in [-0.05, 0) is 25.5 Å². The van der Waals surface area contributed by atoms with Gasteiger partial charge in [0.15, 0.2) is 9.76 Å². The molecule has 0 saturated carbocycles. The lowest BCUT2D eigenvalue weighted by atomic mass is 10.1. The zero-order valence-corrected chi connectivity index (χ0v) is 10.1. The summed E-state index contributed by atoms with van der Waals surface area (Å²) in [5.74, 6) is 0. The minimum atomic E-state index is -0.527. The lowest BCUT2D eigenvalue weighted by Crippen LogP contribution is -2.30. The van der Waals surface area contributed by atoms with Crippen LogP contribution in [0.4, 0.5) is 0 Å². The summed E-state index contributed by atoms with van der Waals surface area (Å²) in [6.07, 6.45) is 1.08. The third-order valence-corrected chi connectivity index (χ3v) is 4.05. The van der Waals surface area contributed by atoms with Crippen molar-refractivity contribution in [3.8, 4) is 0 Å². The zero-order valence-electron chi connectivity index (χ0n) is 8.71. The lowest BCUT2D eigenvalue weighted by Gasteiger charge is -2.23. The molecule has 0 aliphatic carbocycles. The van der Waals surface area contributed by atoms with E-state index in [1.807, 2.05) is 6.07 Å². The van der Waals surface area contributed by atoms with Crippen molar-refractivity contribution >= 4 is 14.9 Å². The normalized spacial score (nSPS) is 12.5. The molecular weight excluding hydrogens is 176 g/mol. The fourth-order valence-corrected chi connectivity index (χ4v) is 2.18. The number of hydrogen-bond acceptors (Lipinski definition) is 1. The molecule has 0 aliphatic rings. The summed E-state index contributed by atoms with van der Waals surface area (Å²) in [6, 6.07) is 10.5. The second kappa shape index (κ2) is 4.58. The highest BCUT2D eigenvalue weighted by Gasteiger charge is 2.14. The van der Waals surface area contributed by atoms with E-state index in [9.17, 15) is 0 Å². The first kappa shape index (κ1) is 10.5. The summed E-state index contributed by atoms with van der Waals surface area (Å²) in [6.45, 7) is 6.48. The average Bonchev–Trinajstić information content (AvgIpc) is 2.17. The quantitative estimate of drug-likeness (QED) is 0.662. The van der Waals surface area contributed by atoms with Crippen LogP contribution in [0.2, 0.25) is 0 Å². The van der Waals surface area contributed by atoms with Crippen LogP contribution in [-0.4, -0.2) is 15.4 Å². The molecule has 0 aromatic heterocycles. The van der Waals surface area contributed by atoms with Gasteiger partial charge in [-0.15, -0.1) is 0 Å². The molecule has 1 nitrogen and oxygen atoms in total. The zero-order chi connectivity index (χ0) is 9.73. The summed E-state index contributed by atoms with van der Waals surface area (Å²) in [5.41, 5.74) is 0.0576. The van der Waals surface area contributed by atoms with Crippen molar-refractivity contribution in [2.45, 2.75) is 32.8 Å². The van der Waals surface area contributed by atoms with Crippen LogP contribution in [0, 0.1) is 0 Å². The standard InChI is InChI=1S/C11H18OSi/c1-4-11(2,3)12-13-10-8-6-5-7-9-10/h5-9H,4,13H2,1-3H3. The summed E-state index contributed by atoms with van der Waals surface area (Å²) >= 11 is 0. The third-order valence-electron chi connectivity index (χ3n) is 2.32. The molecule has 0 saturated heterocycles. The van der Waals surface area contributed by atoms with Gasteiger partial charge in [0.25, 0.3) is 0 Å². The molecule has 0 aliphatic heterocycles. The van der Waals surface area contributed by atoms with Gasteiger partial charge in [0, 0.05) is 0 Å². The van der Waals surface area contributed by atoms with Crippen molar-refractivity contribution in [1.29, 1.82) is 0 Å². The minimum Gasteiger partial charge on any atom is -0.414 e. The van der Waals surface area contributed by atoms with Crippen molar-refractivity contribution in [2.24, 2.45) is 0 Å². The van der Waals surface area contributed by atoms with Crippen LogP contribution in [-0.2, 0) is 4.43 Å². The Morgan fingerprint density at radius 1 is 1.23 bits per heavy atom. The average molecular weight is 194 g/mol. The summed E-state index contributed by atoms with van der Waals surface area (Å²) in [7, 11) is -0.527. The van der Waals surface area contributed by atoms with E-state index >= 15 is 0 Å². The van der Waals surface area contributed by atoms with Crippen molar-refractivity contribution in [3.05, 3.63) is 30.3 Å². The Morgan fingerprint density at radius 2 is 1.85 bits per heavy atom. The molecular formula is C11H18OSi. The first-order valence-corrected chi connectivity index (χ1v) is 6.10. The highest BCUT2D eigenvalue weighted by atomic mass is 28.2. The molecule has 0 amide bonds.